The van der Waals surface area contributed by atoms with E-state index in [1.807, 2.05) is 0 Å². The molecular weight excluding hydrogens is 194 g/mol. The van der Waals surface area contributed by atoms with Crippen LogP contribution in [0.2, 0.25) is 0 Å². The van der Waals surface area contributed by atoms with Gasteiger partial charge in [0.05, 0.1) is 5.03 Å². The SMILES string of the molecule is CCC(Cl)(Cl)C(Cl)=C(C)O. The first-order valence-electron chi connectivity index (χ1n) is 2.85. The molecule has 0 aromatic carbocycles. The molecule has 0 rings (SSSR count). The summed E-state index contributed by atoms with van der Waals surface area (Å²) < 4.78 is -1.14. The van der Waals surface area contributed by atoms with Gasteiger partial charge in [0.25, 0.3) is 0 Å². The van der Waals surface area contributed by atoms with E-state index in [-0.39, 0.29) is 10.8 Å². The van der Waals surface area contributed by atoms with Crippen LogP contribution in [0.5, 0.6) is 0 Å². The molecule has 0 amide bonds. The van der Waals surface area contributed by atoms with Gasteiger partial charge in [-0.15, -0.1) is 0 Å². The molecule has 0 aromatic rings. The molecule has 0 atom stereocenters. The number of aliphatic hydroxyl groups is 1. The Kier molecular flexibility index (Phi) is 3.85. The Labute approximate surface area is 75.6 Å². The highest BCUT2D eigenvalue weighted by Gasteiger charge is 2.27. The molecule has 0 heterocycles. The van der Waals surface area contributed by atoms with E-state index in [2.05, 4.69) is 0 Å². The first kappa shape index (κ1) is 10.4. The molecule has 0 unspecified atom stereocenters. The van der Waals surface area contributed by atoms with Gasteiger partial charge in [0.2, 0.25) is 0 Å². The molecule has 1 nitrogen and oxygen atoms in total. The number of alkyl halides is 2. The van der Waals surface area contributed by atoms with Crippen molar-refractivity contribution in [3.63, 3.8) is 0 Å². The topological polar surface area (TPSA) is 20.2 Å². The van der Waals surface area contributed by atoms with Gasteiger partial charge in [-0.05, 0) is 13.3 Å². The number of aliphatic hydroxyl groups excluding tert-OH is 1. The van der Waals surface area contributed by atoms with E-state index < -0.39 is 4.33 Å². The fourth-order valence-corrected chi connectivity index (χ4v) is 0.827. The van der Waals surface area contributed by atoms with Gasteiger partial charge in [-0.25, -0.2) is 0 Å². The van der Waals surface area contributed by atoms with Gasteiger partial charge in [-0.2, -0.15) is 0 Å². The molecule has 0 fully saturated rings. The average Bonchev–Trinajstić information content (AvgIpc) is 1.86. The lowest BCUT2D eigenvalue weighted by molar-refractivity contribution is 0.408. The van der Waals surface area contributed by atoms with Crippen LogP contribution < -0.4 is 0 Å². The summed E-state index contributed by atoms with van der Waals surface area (Å²) in [5.41, 5.74) is 0. The highest BCUT2D eigenvalue weighted by molar-refractivity contribution is 6.56. The van der Waals surface area contributed by atoms with E-state index >= 15 is 0 Å². The van der Waals surface area contributed by atoms with E-state index in [1.54, 1.807) is 6.92 Å². The molecule has 0 aliphatic heterocycles. The van der Waals surface area contributed by atoms with Gasteiger partial charge in [0, 0.05) is 0 Å². The first-order chi connectivity index (χ1) is 4.41. The van der Waals surface area contributed by atoms with Crippen molar-refractivity contribution in [2.75, 3.05) is 0 Å². The van der Waals surface area contributed by atoms with Crippen molar-refractivity contribution in [3.8, 4) is 0 Å². The normalized spacial score (nSPS) is 14.9. The highest BCUT2D eigenvalue weighted by atomic mass is 35.5. The van der Waals surface area contributed by atoms with Crippen molar-refractivity contribution < 1.29 is 5.11 Å². The van der Waals surface area contributed by atoms with Crippen LogP contribution in [-0.4, -0.2) is 9.44 Å². The molecule has 0 aliphatic carbocycles. The molecule has 0 radical (unpaired) electrons. The number of hydrogen-bond donors (Lipinski definition) is 1. The van der Waals surface area contributed by atoms with Crippen molar-refractivity contribution in [1.82, 2.24) is 0 Å². The Morgan fingerprint density at radius 1 is 1.50 bits per heavy atom. The second-order valence-electron chi connectivity index (χ2n) is 1.96. The molecule has 0 bridgehead atoms. The predicted octanol–water partition coefficient (Wildman–Crippen LogP) is 3.60. The van der Waals surface area contributed by atoms with Crippen molar-refractivity contribution in [3.05, 3.63) is 10.8 Å². The average molecular weight is 203 g/mol. The zero-order valence-corrected chi connectivity index (χ0v) is 8.06. The minimum Gasteiger partial charge on any atom is -0.511 e. The zero-order valence-electron chi connectivity index (χ0n) is 5.79. The molecule has 60 valence electrons. The van der Waals surface area contributed by atoms with Crippen molar-refractivity contribution in [1.29, 1.82) is 0 Å². The van der Waals surface area contributed by atoms with E-state index in [0.29, 0.717) is 6.42 Å². The van der Waals surface area contributed by atoms with Gasteiger partial charge < -0.3 is 5.11 Å². The maximum atomic E-state index is 8.87. The highest BCUT2D eigenvalue weighted by Crippen LogP contribution is 2.37. The third kappa shape index (κ3) is 2.57. The van der Waals surface area contributed by atoms with Gasteiger partial charge >= 0.3 is 0 Å². The molecule has 0 saturated heterocycles. The van der Waals surface area contributed by atoms with Gasteiger partial charge in [0.15, 0.2) is 4.33 Å². The summed E-state index contributed by atoms with van der Waals surface area (Å²) in [5.74, 6) is -0.0338. The molecule has 1 N–H and O–H groups in total. The summed E-state index contributed by atoms with van der Waals surface area (Å²) in [6, 6.07) is 0. The van der Waals surface area contributed by atoms with Crippen molar-refractivity contribution >= 4 is 34.8 Å². The maximum Gasteiger partial charge on any atom is 0.156 e. The van der Waals surface area contributed by atoms with Crippen LogP contribution in [0.3, 0.4) is 0 Å². The molecule has 10 heavy (non-hydrogen) atoms. The van der Waals surface area contributed by atoms with Crippen LogP contribution in [0, 0.1) is 0 Å². The largest absolute Gasteiger partial charge is 0.511 e. The summed E-state index contributed by atoms with van der Waals surface area (Å²) >= 11 is 16.9. The second-order valence-corrected chi connectivity index (χ2v) is 3.82. The Morgan fingerprint density at radius 3 is 2.00 bits per heavy atom. The van der Waals surface area contributed by atoms with Crippen molar-refractivity contribution in [2.45, 2.75) is 24.6 Å². The summed E-state index contributed by atoms with van der Waals surface area (Å²) in [7, 11) is 0. The van der Waals surface area contributed by atoms with Gasteiger partial charge in [-0.3, -0.25) is 0 Å². The molecule has 0 aliphatic rings. The van der Waals surface area contributed by atoms with E-state index in [4.69, 9.17) is 39.9 Å². The first-order valence-corrected chi connectivity index (χ1v) is 3.99. The fraction of sp³-hybridized carbons (Fsp3) is 0.667. The van der Waals surface area contributed by atoms with Gasteiger partial charge in [-0.1, -0.05) is 41.7 Å². The third-order valence-electron chi connectivity index (χ3n) is 1.08. The standard InChI is InChI=1S/C6H9Cl3O/c1-3-6(8,9)5(7)4(2)10/h10H,3H2,1-2H3. The molecular formula is C6H9Cl3O. The van der Waals surface area contributed by atoms with E-state index in [0.717, 1.165) is 0 Å². The van der Waals surface area contributed by atoms with E-state index in [1.165, 1.54) is 6.92 Å². The van der Waals surface area contributed by atoms with Crippen LogP contribution in [0.4, 0.5) is 0 Å². The Morgan fingerprint density at radius 2 is 1.90 bits per heavy atom. The quantitative estimate of drug-likeness (QED) is 0.537. The van der Waals surface area contributed by atoms with Gasteiger partial charge in [0.1, 0.15) is 5.76 Å². The lowest BCUT2D eigenvalue weighted by Crippen LogP contribution is -2.12. The number of hydrogen-bond acceptors (Lipinski definition) is 1. The maximum absolute atomic E-state index is 8.87. The van der Waals surface area contributed by atoms with Crippen LogP contribution in [0.15, 0.2) is 10.8 Å². The summed E-state index contributed by atoms with van der Waals surface area (Å²) in [6.07, 6.45) is 0.465. The summed E-state index contributed by atoms with van der Waals surface area (Å²) in [5, 5.41) is 8.96. The third-order valence-corrected chi connectivity index (χ3v) is 2.78. The lowest BCUT2D eigenvalue weighted by Gasteiger charge is -2.16. The smallest absolute Gasteiger partial charge is 0.156 e. The number of allylic oxidation sites excluding steroid dienone is 2. The number of rotatable bonds is 2. The Balaban J connectivity index is 4.49. The molecule has 0 spiro atoms. The fourth-order valence-electron chi connectivity index (χ4n) is 0.420. The molecule has 4 heteroatoms. The molecule has 0 saturated carbocycles. The number of halogens is 3. The van der Waals surface area contributed by atoms with E-state index in [9.17, 15) is 0 Å². The molecule has 0 aromatic heterocycles. The lowest BCUT2D eigenvalue weighted by atomic mass is 10.3. The van der Waals surface area contributed by atoms with Crippen LogP contribution >= 0.6 is 34.8 Å². The Hall–Kier alpha value is 0.410. The summed E-state index contributed by atoms with van der Waals surface area (Å²) in [6.45, 7) is 3.23. The minimum atomic E-state index is -1.14. The van der Waals surface area contributed by atoms with Crippen LogP contribution in [-0.2, 0) is 0 Å². The van der Waals surface area contributed by atoms with Crippen LogP contribution in [0.1, 0.15) is 20.3 Å². The summed E-state index contributed by atoms with van der Waals surface area (Å²) in [4.78, 5) is 0. The monoisotopic (exact) mass is 202 g/mol. The van der Waals surface area contributed by atoms with Crippen molar-refractivity contribution in [2.24, 2.45) is 0 Å². The zero-order chi connectivity index (χ0) is 8.36. The van der Waals surface area contributed by atoms with Crippen LogP contribution in [0.25, 0.3) is 0 Å². The Bertz CT molecular complexity index is 147. The second kappa shape index (κ2) is 3.70. The minimum absolute atomic E-state index is 0.0338. The predicted molar refractivity (Wildman–Crippen MR) is 45.9 cm³/mol.